The van der Waals surface area contributed by atoms with Gasteiger partial charge in [0.15, 0.2) is 6.10 Å². The van der Waals surface area contributed by atoms with Crippen molar-refractivity contribution in [1.82, 2.24) is 0 Å². The van der Waals surface area contributed by atoms with Crippen molar-refractivity contribution in [3.05, 3.63) is 60.8 Å². The lowest BCUT2D eigenvalue weighted by molar-refractivity contribution is -0.167. The molecule has 0 rings (SSSR count). The van der Waals surface area contributed by atoms with Gasteiger partial charge in [0.25, 0.3) is 0 Å². The quantitative estimate of drug-likeness (QED) is 0.0262. The first-order valence-electron chi connectivity index (χ1n) is 26.8. The number of carbonyl (C=O) groups excluding carboxylic acids is 3. The van der Waals surface area contributed by atoms with Gasteiger partial charge in [0, 0.05) is 19.3 Å². The van der Waals surface area contributed by atoms with Crippen LogP contribution in [0.1, 0.15) is 265 Å². The molecule has 0 amide bonds. The van der Waals surface area contributed by atoms with E-state index >= 15 is 0 Å². The molecular formula is C57H100O6. The lowest BCUT2D eigenvalue weighted by Gasteiger charge is -2.18. The van der Waals surface area contributed by atoms with Gasteiger partial charge in [0.05, 0.1) is 0 Å². The van der Waals surface area contributed by atoms with Crippen LogP contribution in [0.5, 0.6) is 0 Å². The Balaban J connectivity index is 4.39. The Morgan fingerprint density at radius 1 is 0.333 bits per heavy atom. The molecule has 0 heterocycles. The van der Waals surface area contributed by atoms with Gasteiger partial charge in [-0.15, -0.1) is 0 Å². The monoisotopic (exact) mass is 881 g/mol. The molecule has 63 heavy (non-hydrogen) atoms. The molecule has 0 aromatic rings. The number of hydrogen-bond donors (Lipinski definition) is 0. The van der Waals surface area contributed by atoms with Crippen LogP contribution >= 0.6 is 0 Å². The minimum absolute atomic E-state index is 0.0819. The second kappa shape index (κ2) is 51.7. The largest absolute Gasteiger partial charge is 0.462 e. The van der Waals surface area contributed by atoms with E-state index in [-0.39, 0.29) is 31.1 Å². The van der Waals surface area contributed by atoms with E-state index in [0.29, 0.717) is 19.3 Å². The van der Waals surface area contributed by atoms with E-state index in [9.17, 15) is 14.4 Å². The first-order valence-corrected chi connectivity index (χ1v) is 26.8. The van der Waals surface area contributed by atoms with Gasteiger partial charge in [0.1, 0.15) is 13.2 Å². The van der Waals surface area contributed by atoms with Crippen LogP contribution in [-0.2, 0) is 28.6 Å². The Morgan fingerprint density at radius 2 is 0.619 bits per heavy atom. The van der Waals surface area contributed by atoms with Gasteiger partial charge in [-0.2, -0.15) is 0 Å². The van der Waals surface area contributed by atoms with E-state index in [4.69, 9.17) is 14.2 Å². The summed E-state index contributed by atoms with van der Waals surface area (Å²) in [5.41, 5.74) is 0. The van der Waals surface area contributed by atoms with Crippen LogP contribution in [0, 0.1) is 0 Å². The van der Waals surface area contributed by atoms with Crippen LogP contribution in [0.3, 0.4) is 0 Å². The van der Waals surface area contributed by atoms with Crippen LogP contribution in [0.4, 0.5) is 0 Å². The Morgan fingerprint density at radius 3 is 0.984 bits per heavy atom. The molecule has 0 fully saturated rings. The molecule has 6 nitrogen and oxygen atoms in total. The van der Waals surface area contributed by atoms with Crippen molar-refractivity contribution in [2.45, 2.75) is 271 Å². The highest BCUT2D eigenvalue weighted by Gasteiger charge is 2.19. The molecule has 0 saturated carbocycles. The van der Waals surface area contributed by atoms with E-state index in [1.807, 2.05) is 0 Å². The third-order valence-corrected chi connectivity index (χ3v) is 11.5. The Kier molecular flexibility index (Phi) is 49.4. The third kappa shape index (κ3) is 50.0. The van der Waals surface area contributed by atoms with Crippen molar-refractivity contribution in [3.63, 3.8) is 0 Å². The maximum absolute atomic E-state index is 12.8. The average molecular weight is 881 g/mol. The fraction of sp³-hybridized carbons (Fsp3) is 0.772. The molecule has 0 aliphatic heterocycles. The summed E-state index contributed by atoms with van der Waals surface area (Å²) in [5, 5.41) is 0. The minimum atomic E-state index is -0.784. The highest BCUT2D eigenvalue weighted by molar-refractivity contribution is 5.71. The molecule has 0 aromatic carbocycles. The van der Waals surface area contributed by atoms with Crippen molar-refractivity contribution in [2.24, 2.45) is 0 Å². The Bertz CT molecular complexity index is 1150. The first-order chi connectivity index (χ1) is 31.0. The van der Waals surface area contributed by atoms with Crippen LogP contribution in [0.25, 0.3) is 0 Å². The molecule has 0 aromatic heterocycles. The van der Waals surface area contributed by atoms with Gasteiger partial charge in [-0.05, 0) is 83.5 Å². The number of ether oxygens (including phenoxy) is 3. The summed E-state index contributed by atoms with van der Waals surface area (Å²) < 4.78 is 16.8. The number of allylic oxidation sites excluding steroid dienone is 10. The molecule has 364 valence electrons. The average Bonchev–Trinajstić information content (AvgIpc) is 3.28. The number of esters is 3. The van der Waals surface area contributed by atoms with E-state index in [1.165, 1.54) is 128 Å². The fourth-order valence-electron chi connectivity index (χ4n) is 7.49. The molecule has 1 atom stereocenters. The predicted molar refractivity (Wildman–Crippen MR) is 270 cm³/mol. The van der Waals surface area contributed by atoms with Crippen LogP contribution < -0.4 is 0 Å². The van der Waals surface area contributed by atoms with Crippen molar-refractivity contribution in [3.8, 4) is 0 Å². The van der Waals surface area contributed by atoms with Gasteiger partial charge in [-0.25, -0.2) is 0 Å². The molecule has 0 spiro atoms. The molecule has 0 aliphatic carbocycles. The standard InChI is InChI=1S/C57H100O6/c1-4-7-10-13-16-19-22-24-26-28-30-32-35-38-41-44-47-50-56(59)62-53-54(52-61-55(58)49-46-43-40-37-34-21-18-15-12-9-6-3)63-57(60)51-48-45-42-39-36-33-31-29-27-25-23-20-17-14-11-8-5-2/h7,10,16,19,24-27,30,32,54H,4-6,8-9,11-15,17-18,20-23,28-29,31,33-53H2,1-3H3/b10-7-,19-16-,26-24-,27-25-,32-30-. The molecule has 0 aliphatic rings. The summed E-state index contributed by atoms with van der Waals surface area (Å²) in [6, 6.07) is 0. The van der Waals surface area contributed by atoms with Crippen molar-refractivity contribution in [1.29, 1.82) is 0 Å². The van der Waals surface area contributed by atoms with Gasteiger partial charge in [-0.3, -0.25) is 14.4 Å². The number of rotatable bonds is 48. The smallest absolute Gasteiger partial charge is 0.306 e. The molecule has 0 N–H and O–H groups in total. The summed E-state index contributed by atoms with van der Waals surface area (Å²) in [5.74, 6) is -0.905. The summed E-state index contributed by atoms with van der Waals surface area (Å²) in [6.45, 7) is 6.50. The van der Waals surface area contributed by atoms with E-state index < -0.39 is 6.10 Å². The van der Waals surface area contributed by atoms with E-state index in [0.717, 1.165) is 96.3 Å². The van der Waals surface area contributed by atoms with Gasteiger partial charge in [0.2, 0.25) is 0 Å². The summed E-state index contributed by atoms with van der Waals surface area (Å²) in [6.07, 6.45) is 63.4. The normalized spacial score (nSPS) is 12.5. The van der Waals surface area contributed by atoms with Gasteiger partial charge in [-0.1, -0.05) is 223 Å². The lowest BCUT2D eigenvalue weighted by Crippen LogP contribution is -2.30. The number of carbonyl (C=O) groups is 3. The zero-order valence-corrected chi connectivity index (χ0v) is 41.6. The highest BCUT2D eigenvalue weighted by Crippen LogP contribution is 2.15. The SMILES string of the molecule is CC/C=C\C/C=C\C/C=C\C/C=C\CCCCCCC(=O)OCC(COC(=O)CCCCCCCCCCCCC)OC(=O)CCCCCCCCC/C=C\CCCCCCCC. The van der Waals surface area contributed by atoms with Gasteiger partial charge < -0.3 is 14.2 Å². The Hall–Kier alpha value is -2.89. The maximum Gasteiger partial charge on any atom is 0.306 e. The third-order valence-electron chi connectivity index (χ3n) is 11.5. The van der Waals surface area contributed by atoms with E-state index in [2.05, 4.69) is 81.5 Å². The molecule has 0 saturated heterocycles. The number of hydrogen-bond acceptors (Lipinski definition) is 6. The molecule has 1 unspecified atom stereocenters. The second-order valence-electron chi connectivity index (χ2n) is 17.8. The summed E-state index contributed by atoms with van der Waals surface area (Å²) in [4.78, 5) is 38.0. The van der Waals surface area contributed by atoms with Crippen molar-refractivity contribution < 1.29 is 28.6 Å². The Labute approximate surface area is 390 Å². The highest BCUT2D eigenvalue weighted by atomic mass is 16.6. The zero-order chi connectivity index (χ0) is 45.8. The predicted octanol–water partition coefficient (Wildman–Crippen LogP) is 17.6. The van der Waals surface area contributed by atoms with Crippen molar-refractivity contribution >= 4 is 17.9 Å². The molecule has 0 bridgehead atoms. The minimum Gasteiger partial charge on any atom is -0.462 e. The second-order valence-corrected chi connectivity index (χ2v) is 17.8. The molecule has 6 heteroatoms. The zero-order valence-electron chi connectivity index (χ0n) is 41.6. The first kappa shape index (κ1) is 60.1. The molecular weight excluding hydrogens is 781 g/mol. The fourth-order valence-corrected chi connectivity index (χ4v) is 7.49. The van der Waals surface area contributed by atoms with Crippen LogP contribution in [0.15, 0.2) is 60.8 Å². The van der Waals surface area contributed by atoms with Crippen LogP contribution in [0.2, 0.25) is 0 Å². The van der Waals surface area contributed by atoms with E-state index in [1.54, 1.807) is 0 Å². The number of unbranched alkanes of at least 4 members (excludes halogenated alkanes) is 27. The lowest BCUT2D eigenvalue weighted by atomic mass is 10.1. The summed E-state index contributed by atoms with van der Waals surface area (Å²) >= 11 is 0. The van der Waals surface area contributed by atoms with Crippen LogP contribution in [-0.4, -0.2) is 37.2 Å². The van der Waals surface area contributed by atoms with Gasteiger partial charge >= 0.3 is 17.9 Å². The van der Waals surface area contributed by atoms with Crippen molar-refractivity contribution in [2.75, 3.05) is 13.2 Å². The maximum atomic E-state index is 12.8. The molecule has 0 radical (unpaired) electrons. The topological polar surface area (TPSA) is 78.9 Å². The summed E-state index contributed by atoms with van der Waals surface area (Å²) in [7, 11) is 0.